The number of aryl methyl sites for hydroxylation is 1. The summed E-state index contributed by atoms with van der Waals surface area (Å²) in [6, 6.07) is 18.0. The zero-order valence-electron chi connectivity index (χ0n) is 23.4. The Bertz CT molecular complexity index is 1220. The molecule has 1 saturated carbocycles. The van der Waals surface area contributed by atoms with Crippen molar-refractivity contribution < 1.29 is 13.9 Å². The second kappa shape index (κ2) is 12.5. The highest BCUT2D eigenvalue weighted by atomic mass is 19.1. The Morgan fingerprint density at radius 3 is 2.59 bits per heavy atom. The van der Waals surface area contributed by atoms with Crippen molar-refractivity contribution in [3.63, 3.8) is 0 Å². The van der Waals surface area contributed by atoms with Gasteiger partial charge in [0.2, 0.25) is 0 Å². The zero-order chi connectivity index (χ0) is 27.2. The van der Waals surface area contributed by atoms with Gasteiger partial charge in [0.25, 0.3) is 0 Å². The van der Waals surface area contributed by atoms with E-state index in [1.807, 2.05) is 12.3 Å². The minimum absolute atomic E-state index is 0.144. The highest BCUT2D eigenvalue weighted by Gasteiger charge is 2.52. The molecule has 39 heavy (non-hydrogen) atoms. The van der Waals surface area contributed by atoms with E-state index in [9.17, 15) is 9.18 Å². The quantitative estimate of drug-likeness (QED) is 0.284. The average Bonchev–Trinajstić information content (AvgIpc) is 3.62. The molecule has 1 aromatic heterocycles. The van der Waals surface area contributed by atoms with Crippen molar-refractivity contribution >= 4 is 5.97 Å². The highest BCUT2D eigenvalue weighted by molar-refractivity contribution is 5.69. The predicted molar refractivity (Wildman–Crippen MR) is 152 cm³/mol. The lowest BCUT2D eigenvalue weighted by molar-refractivity contribution is -0.142. The number of rotatable bonds is 10. The summed E-state index contributed by atoms with van der Waals surface area (Å²) in [5.74, 6) is 1.56. The van der Waals surface area contributed by atoms with Crippen molar-refractivity contribution in [2.75, 3.05) is 20.2 Å². The first-order chi connectivity index (χ1) is 19.0. The number of imidazole rings is 1. The average molecular weight is 532 g/mol. The van der Waals surface area contributed by atoms with E-state index in [4.69, 9.17) is 4.74 Å². The van der Waals surface area contributed by atoms with Gasteiger partial charge in [0, 0.05) is 43.7 Å². The Morgan fingerprint density at radius 1 is 1.08 bits per heavy atom. The third-order valence-corrected chi connectivity index (χ3v) is 9.45. The van der Waals surface area contributed by atoms with E-state index in [0.29, 0.717) is 12.3 Å². The van der Waals surface area contributed by atoms with Crippen LogP contribution in [-0.2, 0) is 34.5 Å². The Balaban J connectivity index is 1.54. The summed E-state index contributed by atoms with van der Waals surface area (Å²) in [6.07, 6.45) is 10.5. The number of hydrogen-bond donors (Lipinski definition) is 0. The molecule has 2 heterocycles. The van der Waals surface area contributed by atoms with Gasteiger partial charge >= 0.3 is 5.97 Å². The second-order valence-electron chi connectivity index (χ2n) is 11.5. The molecule has 2 fully saturated rings. The van der Waals surface area contributed by atoms with Gasteiger partial charge in [-0.3, -0.25) is 9.69 Å². The molecule has 5 nitrogen and oxygen atoms in total. The lowest BCUT2D eigenvalue weighted by atomic mass is 9.57. The third-order valence-electron chi connectivity index (χ3n) is 9.45. The van der Waals surface area contributed by atoms with Crippen LogP contribution in [0.5, 0.6) is 0 Å². The standard InChI is InChI=1S/C33H42FN3O2/c1-3-31-35-17-20-37(31)24-33(28-12-8-13-29(34)22-28,30-14-7-11-26(30)21-32(38)39-2)27-15-18-36(19-16-27)23-25-9-5-4-6-10-25/h4-6,8-10,12-13,17,20,22,26-27,30H,3,7,11,14-16,18-19,21,23-24H2,1-2H3/t26-,30+,33+/m1/s1. The van der Waals surface area contributed by atoms with E-state index in [2.05, 4.69) is 64.0 Å². The molecule has 6 heteroatoms. The Kier molecular flexibility index (Phi) is 8.81. The number of hydrogen-bond acceptors (Lipinski definition) is 4. The van der Waals surface area contributed by atoms with Gasteiger partial charge in [-0.15, -0.1) is 0 Å². The first-order valence-electron chi connectivity index (χ1n) is 14.6. The van der Waals surface area contributed by atoms with Crippen LogP contribution in [0.1, 0.15) is 62.4 Å². The van der Waals surface area contributed by atoms with Crippen molar-refractivity contribution in [3.8, 4) is 0 Å². The van der Waals surface area contributed by atoms with Crippen molar-refractivity contribution in [1.82, 2.24) is 14.5 Å². The molecular formula is C33H42FN3O2. The van der Waals surface area contributed by atoms with Crippen LogP contribution < -0.4 is 0 Å². The van der Waals surface area contributed by atoms with Crippen molar-refractivity contribution in [2.45, 2.75) is 70.4 Å². The fourth-order valence-corrected chi connectivity index (χ4v) is 7.65. The summed E-state index contributed by atoms with van der Waals surface area (Å²) in [5, 5.41) is 0. The van der Waals surface area contributed by atoms with Gasteiger partial charge in [0.1, 0.15) is 11.6 Å². The molecule has 0 amide bonds. The third kappa shape index (κ3) is 5.96. The van der Waals surface area contributed by atoms with Gasteiger partial charge in [-0.2, -0.15) is 0 Å². The monoisotopic (exact) mass is 531 g/mol. The molecule has 3 aromatic rings. The molecule has 1 saturated heterocycles. The Labute approximate surface area is 232 Å². The van der Waals surface area contributed by atoms with Gasteiger partial charge in [0.15, 0.2) is 0 Å². The number of nitrogens with zero attached hydrogens (tertiary/aromatic N) is 3. The number of carbonyl (C=O) groups excluding carboxylic acids is 1. The maximum absolute atomic E-state index is 14.9. The van der Waals surface area contributed by atoms with Gasteiger partial charge in [-0.25, -0.2) is 9.37 Å². The number of ether oxygens (including phenoxy) is 1. The number of methoxy groups -OCH3 is 1. The predicted octanol–water partition coefficient (Wildman–Crippen LogP) is 6.41. The van der Waals surface area contributed by atoms with Crippen LogP contribution in [0.2, 0.25) is 0 Å². The number of benzene rings is 2. The number of esters is 1. The summed E-state index contributed by atoms with van der Waals surface area (Å²) in [6.45, 7) is 5.87. The molecule has 3 atom stereocenters. The molecule has 2 aromatic carbocycles. The molecule has 1 aliphatic carbocycles. The molecule has 2 aliphatic rings. The van der Waals surface area contributed by atoms with Crippen LogP contribution in [0.15, 0.2) is 67.0 Å². The maximum Gasteiger partial charge on any atom is 0.305 e. The van der Waals surface area contributed by atoms with Crippen LogP contribution in [0.25, 0.3) is 0 Å². The molecule has 0 bridgehead atoms. The zero-order valence-corrected chi connectivity index (χ0v) is 23.4. The summed E-state index contributed by atoms with van der Waals surface area (Å²) < 4.78 is 22.4. The van der Waals surface area contributed by atoms with Crippen LogP contribution in [-0.4, -0.2) is 40.6 Å². The van der Waals surface area contributed by atoms with E-state index < -0.39 is 0 Å². The van der Waals surface area contributed by atoms with Crippen molar-refractivity contribution in [3.05, 3.63) is 89.8 Å². The molecule has 0 spiro atoms. The second-order valence-corrected chi connectivity index (χ2v) is 11.5. The Hall–Kier alpha value is -2.99. The lowest BCUT2D eigenvalue weighted by Crippen LogP contribution is -2.51. The number of likely N-dealkylation sites (tertiary alicyclic amines) is 1. The van der Waals surface area contributed by atoms with Crippen LogP contribution in [0.4, 0.5) is 4.39 Å². The molecule has 208 valence electrons. The van der Waals surface area contributed by atoms with Crippen molar-refractivity contribution in [1.29, 1.82) is 0 Å². The van der Waals surface area contributed by atoms with Crippen molar-refractivity contribution in [2.24, 2.45) is 17.8 Å². The van der Waals surface area contributed by atoms with Gasteiger partial charge in [-0.1, -0.05) is 55.8 Å². The largest absolute Gasteiger partial charge is 0.469 e. The van der Waals surface area contributed by atoms with E-state index in [1.54, 1.807) is 12.1 Å². The SMILES string of the molecule is CCc1nccn1C[C@@](c1cccc(F)c1)(C1CCN(Cc2ccccc2)CC1)[C@H]1CCC[C@@H]1CC(=O)OC. The Morgan fingerprint density at radius 2 is 1.87 bits per heavy atom. The number of aromatic nitrogens is 2. The van der Waals surface area contributed by atoms with E-state index in [1.165, 1.54) is 12.7 Å². The van der Waals surface area contributed by atoms with E-state index >= 15 is 0 Å². The van der Waals surface area contributed by atoms with E-state index in [-0.39, 0.29) is 29.0 Å². The first-order valence-corrected chi connectivity index (χ1v) is 14.6. The molecular weight excluding hydrogens is 489 g/mol. The summed E-state index contributed by atoms with van der Waals surface area (Å²) >= 11 is 0. The summed E-state index contributed by atoms with van der Waals surface area (Å²) in [7, 11) is 1.48. The molecule has 5 rings (SSSR count). The summed E-state index contributed by atoms with van der Waals surface area (Å²) in [4.78, 5) is 19.7. The van der Waals surface area contributed by atoms with Crippen LogP contribution >= 0.6 is 0 Å². The number of halogens is 1. The summed E-state index contributed by atoms with van der Waals surface area (Å²) in [5.41, 5.74) is 2.11. The van der Waals surface area contributed by atoms with Crippen LogP contribution in [0.3, 0.4) is 0 Å². The maximum atomic E-state index is 14.9. The van der Waals surface area contributed by atoms with Gasteiger partial charge < -0.3 is 9.30 Å². The van der Waals surface area contributed by atoms with Crippen LogP contribution in [0, 0.1) is 23.6 Å². The van der Waals surface area contributed by atoms with Gasteiger partial charge in [0.05, 0.1) is 7.11 Å². The topological polar surface area (TPSA) is 47.4 Å². The number of piperidine rings is 1. The molecule has 0 radical (unpaired) electrons. The normalized spacial score (nSPS) is 22.0. The number of carbonyl (C=O) groups is 1. The fourth-order valence-electron chi connectivity index (χ4n) is 7.65. The first kappa shape index (κ1) is 27.6. The molecule has 0 unspecified atom stereocenters. The molecule has 0 N–H and O–H groups in total. The highest BCUT2D eigenvalue weighted by Crippen LogP contribution is 2.54. The smallest absolute Gasteiger partial charge is 0.305 e. The minimum atomic E-state index is -0.305. The van der Waals surface area contributed by atoms with Gasteiger partial charge in [-0.05, 0) is 79.8 Å². The minimum Gasteiger partial charge on any atom is -0.469 e. The fraction of sp³-hybridized carbons (Fsp3) is 0.515. The van der Waals surface area contributed by atoms with E-state index in [0.717, 1.165) is 76.1 Å². The lowest BCUT2D eigenvalue weighted by Gasteiger charge is -2.51. The molecule has 1 aliphatic heterocycles.